The molecule has 1 N–H and O–H groups in total. The van der Waals surface area contributed by atoms with Crippen LogP contribution in [0.4, 0.5) is 5.69 Å². The van der Waals surface area contributed by atoms with Crippen molar-refractivity contribution in [3.05, 3.63) is 48.4 Å². The summed E-state index contributed by atoms with van der Waals surface area (Å²) in [6.07, 6.45) is 1.58. The summed E-state index contributed by atoms with van der Waals surface area (Å²) in [5.74, 6) is 0.947. The van der Waals surface area contributed by atoms with E-state index in [1.54, 1.807) is 6.26 Å². The lowest BCUT2D eigenvalue weighted by molar-refractivity contribution is 0.372. The number of guanidine groups is 1. The highest BCUT2D eigenvalue weighted by Gasteiger charge is 2.19. The molecule has 1 aliphatic heterocycles. The first kappa shape index (κ1) is 18.6. The second-order valence-corrected chi connectivity index (χ2v) is 5.47. The van der Waals surface area contributed by atoms with E-state index in [-0.39, 0.29) is 24.0 Å². The third-order valence-electron chi connectivity index (χ3n) is 3.92. The Morgan fingerprint density at radius 3 is 2.54 bits per heavy atom. The third-order valence-corrected chi connectivity index (χ3v) is 3.92. The van der Waals surface area contributed by atoms with Crippen LogP contribution in [-0.4, -0.2) is 48.7 Å². The Labute approximate surface area is 159 Å². The second-order valence-electron chi connectivity index (χ2n) is 5.47. The number of nitrogens with one attached hydrogen (secondary N) is 1. The summed E-state index contributed by atoms with van der Waals surface area (Å²) in [6, 6.07) is 12.4. The molecule has 0 aliphatic carbocycles. The number of aromatic nitrogens is 1. The lowest BCUT2D eigenvalue weighted by atomic mass is 10.2. The third kappa shape index (κ3) is 4.86. The summed E-state index contributed by atoms with van der Waals surface area (Å²) in [4.78, 5) is 9.39. The van der Waals surface area contributed by atoms with Gasteiger partial charge in [0, 0.05) is 44.5 Å². The Bertz CT molecular complexity index is 609. The minimum absolute atomic E-state index is 0. The van der Waals surface area contributed by atoms with Crippen LogP contribution in [0, 0.1) is 0 Å². The number of hydrogen-bond donors (Lipinski definition) is 1. The molecule has 0 unspecified atom stereocenters. The van der Waals surface area contributed by atoms with Gasteiger partial charge in [-0.3, -0.25) is 0 Å². The number of rotatable bonds is 4. The van der Waals surface area contributed by atoms with E-state index >= 15 is 0 Å². The fraction of sp³-hybridized carbons (Fsp3) is 0.412. The molecule has 6 nitrogen and oxygen atoms in total. The normalized spacial score (nSPS) is 15.1. The largest absolute Gasteiger partial charge is 0.368 e. The molecule has 1 aromatic heterocycles. The van der Waals surface area contributed by atoms with Crippen LogP contribution < -0.4 is 10.2 Å². The van der Waals surface area contributed by atoms with Crippen LogP contribution in [0.25, 0.3) is 0 Å². The zero-order chi connectivity index (χ0) is 15.9. The van der Waals surface area contributed by atoms with E-state index < -0.39 is 0 Å². The SMILES string of the molecule is CCNC(=NCc1ccon1)N1CCN(c2ccccc2)CC1.I. The van der Waals surface area contributed by atoms with Crippen LogP contribution in [0.2, 0.25) is 0 Å². The predicted octanol–water partition coefficient (Wildman–Crippen LogP) is 2.58. The van der Waals surface area contributed by atoms with Crippen molar-refractivity contribution in [3.63, 3.8) is 0 Å². The van der Waals surface area contributed by atoms with Gasteiger partial charge in [0.15, 0.2) is 5.96 Å². The quantitative estimate of drug-likeness (QED) is 0.449. The monoisotopic (exact) mass is 441 g/mol. The van der Waals surface area contributed by atoms with Crippen molar-refractivity contribution in [2.24, 2.45) is 4.99 Å². The number of anilines is 1. The Hall–Kier alpha value is -1.77. The highest BCUT2D eigenvalue weighted by molar-refractivity contribution is 14.0. The van der Waals surface area contributed by atoms with E-state index in [9.17, 15) is 0 Å². The fourth-order valence-electron chi connectivity index (χ4n) is 2.72. The molecule has 1 aliphatic rings. The van der Waals surface area contributed by atoms with E-state index in [2.05, 4.69) is 62.5 Å². The van der Waals surface area contributed by atoms with Crippen molar-refractivity contribution in [3.8, 4) is 0 Å². The lowest BCUT2D eigenvalue weighted by Gasteiger charge is -2.37. The van der Waals surface area contributed by atoms with Gasteiger partial charge in [-0.25, -0.2) is 4.99 Å². The van der Waals surface area contributed by atoms with Gasteiger partial charge in [0.1, 0.15) is 12.0 Å². The Kier molecular flexibility index (Phi) is 7.36. The average molecular weight is 441 g/mol. The van der Waals surface area contributed by atoms with Gasteiger partial charge in [-0.1, -0.05) is 23.4 Å². The second kappa shape index (κ2) is 9.51. The standard InChI is InChI=1S/C17H23N5O.HI/c1-2-18-17(19-14-15-8-13-23-20-15)22-11-9-21(10-12-22)16-6-4-3-5-7-16;/h3-8,13H,2,9-12,14H2,1H3,(H,18,19);1H. The van der Waals surface area contributed by atoms with E-state index in [1.807, 2.05) is 6.07 Å². The molecule has 1 saturated heterocycles. The molecule has 2 aromatic rings. The minimum Gasteiger partial charge on any atom is -0.368 e. The van der Waals surface area contributed by atoms with E-state index in [4.69, 9.17) is 4.52 Å². The van der Waals surface area contributed by atoms with Gasteiger partial charge >= 0.3 is 0 Å². The highest BCUT2D eigenvalue weighted by Crippen LogP contribution is 2.15. The zero-order valence-electron chi connectivity index (χ0n) is 13.9. The molecule has 130 valence electrons. The molecule has 0 bridgehead atoms. The van der Waals surface area contributed by atoms with Crippen molar-refractivity contribution in [2.45, 2.75) is 13.5 Å². The Balaban J connectivity index is 0.00000208. The number of para-hydroxylation sites is 1. The smallest absolute Gasteiger partial charge is 0.194 e. The molecule has 0 radical (unpaired) electrons. The van der Waals surface area contributed by atoms with Crippen molar-refractivity contribution in [1.82, 2.24) is 15.4 Å². The lowest BCUT2D eigenvalue weighted by Crippen LogP contribution is -2.52. The predicted molar refractivity (Wildman–Crippen MR) is 107 cm³/mol. The molecule has 0 saturated carbocycles. The number of piperazine rings is 1. The molecule has 7 heteroatoms. The van der Waals surface area contributed by atoms with Crippen molar-refractivity contribution in [2.75, 3.05) is 37.6 Å². The molecular formula is C17H24IN5O. The molecule has 24 heavy (non-hydrogen) atoms. The maximum Gasteiger partial charge on any atom is 0.194 e. The summed E-state index contributed by atoms with van der Waals surface area (Å²) in [5.41, 5.74) is 2.14. The maximum absolute atomic E-state index is 4.86. The van der Waals surface area contributed by atoms with Gasteiger partial charge in [-0.15, -0.1) is 24.0 Å². The number of nitrogens with zero attached hydrogens (tertiary/aromatic N) is 4. The number of halogens is 1. The first-order chi connectivity index (χ1) is 11.4. The highest BCUT2D eigenvalue weighted by atomic mass is 127. The fourth-order valence-corrected chi connectivity index (χ4v) is 2.72. The van der Waals surface area contributed by atoms with Crippen LogP contribution in [0.3, 0.4) is 0 Å². The summed E-state index contributed by atoms with van der Waals surface area (Å²) < 4.78 is 4.86. The van der Waals surface area contributed by atoms with Crippen LogP contribution in [0.1, 0.15) is 12.6 Å². The Morgan fingerprint density at radius 1 is 1.17 bits per heavy atom. The van der Waals surface area contributed by atoms with Gasteiger partial charge in [0.25, 0.3) is 0 Å². The molecule has 3 rings (SSSR count). The first-order valence-corrected chi connectivity index (χ1v) is 8.09. The van der Waals surface area contributed by atoms with Gasteiger partial charge in [-0.05, 0) is 19.1 Å². The summed E-state index contributed by atoms with van der Waals surface area (Å²) >= 11 is 0. The van der Waals surface area contributed by atoms with E-state index in [0.717, 1.165) is 44.4 Å². The zero-order valence-corrected chi connectivity index (χ0v) is 16.2. The summed E-state index contributed by atoms with van der Waals surface area (Å²) in [5, 5.41) is 7.28. The minimum atomic E-state index is 0. The number of benzene rings is 1. The van der Waals surface area contributed by atoms with Crippen LogP contribution in [0.5, 0.6) is 0 Å². The number of hydrogen-bond acceptors (Lipinski definition) is 4. The molecule has 1 fully saturated rings. The molecule has 0 spiro atoms. The molecule has 0 atom stereocenters. The van der Waals surface area contributed by atoms with Gasteiger partial charge in [0.05, 0.1) is 6.54 Å². The number of aliphatic imine (C=N–C) groups is 1. The maximum atomic E-state index is 4.86. The molecule has 0 amide bonds. The first-order valence-electron chi connectivity index (χ1n) is 8.09. The average Bonchev–Trinajstić information content (AvgIpc) is 3.13. The molecular weight excluding hydrogens is 417 g/mol. The van der Waals surface area contributed by atoms with Crippen LogP contribution >= 0.6 is 24.0 Å². The Morgan fingerprint density at radius 2 is 1.92 bits per heavy atom. The van der Waals surface area contributed by atoms with Gasteiger partial charge in [0.2, 0.25) is 0 Å². The van der Waals surface area contributed by atoms with E-state index in [1.165, 1.54) is 5.69 Å². The molecule has 2 heterocycles. The summed E-state index contributed by atoms with van der Waals surface area (Å²) in [7, 11) is 0. The molecule has 1 aromatic carbocycles. The summed E-state index contributed by atoms with van der Waals surface area (Å²) in [6.45, 7) is 7.40. The van der Waals surface area contributed by atoms with Crippen molar-refractivity contribution in [1.29, 1.82) is 0 Å². The van der Waals surface area contributed by atoms with Crippen LogP contribution in [0.15, 0.2) is 52.2 Å². The van der Waals surface area contributed by atoms with Crippen LogP contribution in [-0.2, 0) is 6.54 Å². The van der Waals surface area contributed by atoms with Crippen molar-refractivity contribution >= 4 is 35.6 Å². The van der Waals surface area contributed by atoms with Crippen molar-refractivity contribution < 1.29 is 4.52 Å². The topological polar surface area (TPSA) is 56.9 Å². The van der Waals surface area contributed by atoms with Gasteiger partial charge < -0.3 is 19.6 Å². The van der Waals surface area contributed by atoms with E-state index in [0.29, 0.717) is 6.54 Å². The van der Waals surface area contributed by atoms with Gasteiger partial charge in [-0.2, -0.15) is 0 Å².